The minimum atomic E-state index is -0.118. The molecule has 1 N–H and O–H groups in total. The molecule has 1 saturated heterocycles. The third-order valence-corrected chi connectivity index (χ3v) is 4.37. The van der Waals surface area contributed by atoms with Gasteiger partial charge in [0.25, 0.3) is 0 Å². The first-order valence-electron chi connectivity index (χ1n) is 8.87. The van der Waals surface area contributed by atoms with Crippen LogP contribution in [0.25, 0.3) is 0 Å². The van der Waals surface area contributed by atoms with Crippen molar-refractivity contribution in [3.8, 4) is 17.5 Å². The number of carbonyl (C=O) groups is 1. The summed E-state index contributed by atoms with van der Waals surface area (Å²) in [5.74, 6) is 1.30. The number of carbonyl (C=O) groups excluding carboxylic acids is 1. The first-order valence-corrected chi connectivity index (χ1v) is 8.87. The van der Waals surface area contributed by atoms with Crippen molar-refractivity contribution in [2.24, 2.45) is 0 Å². The largest absolute Gasteiger partial charge is 0.493 e. The van der Waals surface area contributed by atoms with Crippen LogP contribution in [0.15, 0.2) is 36.7 Å². The SMILES string of the molecule is COc1ccc(CNC(=O)N2CCCC(Oc3ncccn3)C2)cc1OC. The predicted octanol–water partition coefficient (Wildman–Crippen LogP) is 2.25. The molecule has 2 aromatic rings. The molecule has 1 aromatic carbocycles. The van der Waals surface area contributed by atoms with Crippen LogP contribution in [0.2, 0.25) is 0 Å². The number of amides is 2. The highest BCUT2D eigenvalue weighted by Crippen LogP contribution is 2.27. The van der Waals surface area contributed by atoms with E-state index in [-0.39, 0.29) is 12.1 Å². The molecule has 0 radical (unpaired) electrons. The van der Waals surface area contributed by atoms with Crippen LogP contribution in [0.5, 0.6) is 17.5 Å². The Balaban J connectivity index is 1.53. The number of piperidine rings is 1. The van der Waals surface area contributed by atoms with Gasteiger partial charge in [0, 0.05) is 25.5 Å². The maximum atomic E-state index is 12.5. The summed E-state index contributed by atoms with van der Waals surface area (Å²) in [5.41, 5.74) is 0.934. The zero-order chi connectivity index (χ0) is 19.1. The summed E-state index contributed by atoms with van der Waals surface area (Å²) in [6, 6.07) is 7.54. The van der Waals surface area contributed by atoms with Crippen LogP contribution in [0.4, 0.5) is 4.79 Å². The van der Waals surface area contributed by atoms with Gasteiger partial charge in [-0.15, -0.1) is 0 Å². The highest BCUT2D eigenvalue weighted by atomic mass is 16.5. The van der Waals surface area contributed by atoms with Crippen LogP contribution in [0.3, 0.4) is 0 Å². The Morgan fingerprint density at radius 2 is 2.00 bits per heavy atom. The normalized spacial score (nSPS) is 16.5. The summed E-state index contributed by atoms with van der Waals surface area (Å²) < 4.78 is 16.3. The van der Waals surface area contributed by atoms with Gasteiger partial charge in [0.15, 0.2) is 11.5 Å². The summed E-state index contributed by atoms with van der Waals surface area (Å²) in [6.07, 6.45) is 4.92. The number of urea groups is 1. The molecule has 27 heavy (non-hydrogen) atoms. The van der Waals surface area contributed by atoms with Crippen molar-refractivity contribution in [2.45, 2.75) is 25.5 Å². The van der Waals surface area contributed by atoms with Crippen molar-refractivity contribution in [3.05, 3.63) is 42.2 Å². The summed E-state index contributed by atoms with van der Waals surface area (Å²) in [7, 11) is 3.18. The fourth-order valence-electron chi connectivity index (χ4n) is 2.99. The van der Waals surface area contributed by atoms with Gasteiger partial charge in [0.05, 0.1) is 20.8 Å². The first kappa shape index (κ1) is 18.8. The van der Waals surface area contributed by atoms with Crippen molar-refractivity contribution in [1.29, 1.82) is 0 Å². The molecule has 1 unspecified atom stereocenters. The molecule has 0 aliphatic carbocycles. The van der Waals surface area contributed by atoms with Crippen LogP contribution < -0.4 is 19.5 Å². The van der Waals surface area contributed by atoms with E-state index in [9.17, 15) is 4.79 Å². The van der Waals surface area contributed by atoms with Crippen LogP contribution in [0, 0.1) is 0 Å². The summed E-state index contributed by atoms with van der Waals surface area (Å²) in [6.45, 7) is 1.62. The molecule has 8 heteroatoms. The fraction of sp³-hybridized carbons (Fsp3) is 0.421. The third kappa shape index (κ3) is 4.99. The molecule has 1 aromatic heterocycles. The lowest BCUT2D eigenvalue weighted by molar-refractivity contribution is 0.0938. The Kier molecular flexibility index (Phi) is 6.30. The smallest absolute Gasteiger partial charge is 0.317 e. The minimum Gasteiger partial charge on any atom is -0.493 e. The lowest BCUT2D eigenvalue weighted by Gasteiger charge is -2.32. The zero-order valence-electron chi connectivity index (χ0n) is 15.6. The zero-order valence-corrected chi connectivity index (χ0v) is 15.6. The number of aromatic nitrogens is 2. The number of hydrogen-bond donors (Lipinski definition) is 1. The number of nitrogens with one attached hydrogen (secondary N) is 1. The summed E-state index contributed by atoms with van der Waals surface area (Å²) in [5, 5.41) is 2.95. The van der Waals surface area contributed by atoms with E-state index in [0.29, 0.717) is 37.1 Å². The number of benzene rings is 1. The monoisotopic (exact) mass is 372 g/mol. The average Bonchev–Trinajstić information content (AvgIpc) is 2.72. The molecule has 2 amide bonds. The predicted molar refractivity (Wildman–Crippen MR) is 99.0 cm³/mol. The second kappa shape index (κ2) is 9.07. The third-order valence-electron chi connectivity index (χ3n) is 4.37. The van der Waals surface area contributed by atoms with E-state index in [2.05, 4.69) is 15.3 Å². The van der Waals surface area contributed by atoms with Gasteiger partial charge in [-0.25, -0.2) is 14.8 Å². The fourth-order valence-corrected chi connectivity index (χ4v) is 2.99. The molecule has 1 atom stereocenters. The Labute approximate surface area is 158 Å². The maximum absolute atomic E-state index is 12.5. The number of methoxy groups -OCH3 is 2. The number of hydrogen-bond acceptors (Lipinski definition) is 6. The topological polar surface area (TPSA) is 85.8 Å². The Bertz CT molecular complexity index is 757. The van der Waals surface area contributed by atoms with Gasteiger partial charge >= 0.3 is 12.0 Å². The van der Waals surface area contributed by atoms with Gasteiger partial charge < -0.3 is 24.4 Å². The van der Waals surface area contributed by atoms with E-state index in [1.54, 1.807) is 37.6 Å². The van der Waals surface area contributed by atoms with Crippen molar-refractivity contribution < 1.29 is 19.0 Å². The van der Waals surface area contributed by atoms with Crippen molar-refractivity contribution in [2.75, 3.05) is 27.3 Å². The van der Waals surface area contributed by atoms with Gasteiger partial charge in [-0.2, -0.15) is 0 Å². The highest BCUT2D eigenvalue weighted by molar-refractivity contribution is 5.74. The maximum Gasteiger partial charge on any atom is 0.317 e. The molecule has 0 spiro atoms. The Morgan fingerprint density at radius 1 is 1.22 bits per heavy atom. The lowest BCUT2D eigenvalue weighted by atomic mass is 10.1. The minimum absolute atomic E-state index is 0.104. The number of ether oxygens (including phenoxy) is 3. The number of likely N-dealkylation sites (tertiary alicyclic amines) is 1. The van der Waals surface area contributed by atoms with Gasteiger partial charge in [0.2, 0.25) is 0 Å². The number of rotatable bonds is 6. The molecular weight excluding hydrogens is 348 g/mol. The van der Waals surface area contributed by atoms with Crippen molar-refractivity contribution in [1.82, 2.24) is 20.2 Å². The van der Waals surface area contributed by atoms with E-state index in [4.69, 9.17) is 14.2 Å². The Morgan fingerprint density at radius 3 is 2.74 bits per heavy atom. The van der Waals surface area contributed by atoms with E-state index >= 15 is 0 Å². The molecule has 1 aliphatic heterocycles. The van der Waals surface area contributed by atoms with Crippen LogP contribution in [-0.2, 0) is 6.54 Å². The standard InChI is InChI=1S/C19H24N4O4/c1-25-16-7-6-14(11-17(16)26-2)12-22-19(24)23-10-3-5-15(13-23)27-18-20-8-4-9-21-18/h4,6-9,11,15H,3,5,10,12-13H2,1-2H3,(H,22,24). The molecule has 8 nitrogen and oxygen atoms in total. The lowest BCUT2D eigenvalue weighted by Crippen LogP contribution is -2.48. The average molecular weight is 372 g/mol. The van der Waals surface area contributed by atoms with E-state index in [1.165, 1.54) is 0 Å². The van der Waals surface area contributed by atoms with E-state index in [0.717, 1.165) is 18.4 Å². The van der Waals surface area contributed by atoms with Gasteiger partial charge in [-0.3, -0.25) is 0 Å². The van der Waals surface area contributed by atoms with Gasteiger partial charge in [-0.05, 0) is 36.6 Å². The molecule has 2 heterocycles. The second-order valence-electron chi connectivity index (χ2n) is 6.21. The molecule has 3 rings (SSSR count). The van der Waals surface area contributed by atoms with E-state index < -0.39 is 0 Å². The number of nitrogens with zero attached hydrogens (tertiary/aromatic N) is 3. The van der Waals surface area contributed by atoms with E-state index in [1.807, 2.05) is 18.2 Å². The van der Waals surface area contributed by atoms with Crippen LogP contribution >= 0.6 is 0 Å². The molecular formula is C19H24N4O4. The van der Waals surface area contributed by atoms with Crippen LogP contribution in [-0.4, -0.2) is 54.3 Å². The highest BCUT2D eigenvalue weighted by Gasteiger charge is 2.25. The first-order chi connectivity index (χ1) is 13.2. The van der Waals surface area contributed by atoms with Gasteiger partial charge in [-0.1, -0.05) is 6.07 Å². The summed E-state index contributed by atoms with van der Waals surface area (Å²) >= 11 is 0. The second-order valence-corrected chi connectivity index (χ2v) is 6.21. The molecule has 1 aliphatic rings. The molecule has 1 fully saturated rings. The molecule has 0 bridgehead atoms. The quantitative estimate of drug-likeness (QED) is 0.837. The van der Waals surface area contributed by atoms with Crippen molar-refractivity contribution in [3.63, 3.8) is 0 Å². The van der Waals surface area contributed by atoms with Crippen LogP contribution in [0.1, 0.15) is 18.4 Å². The van der Waals surface area contributed by atoms with Gasteiger partial charge in [0.1, 0.15) is 6.10 Å². The molecule has 0 saturated carbocycles. The Hall–Kier alpha value is -3.03. The van der Waals surface area contributed by atoms with Crippen molar-refractivity contribution >= 4 is 6.03 Å². The molecule has 144 valence electrons. The summed E-state index contributed by atoms with van der Waals surface area (Å²) in [4.78, 5) is 22.4.